The zero-order valence-electron chi connectivity index (χ0n) is 12.6. The van der Waals surface area contributed by atoms with Crippen LogP contribution >= 0.6 is 12.4 Å². The second-order valence-corrected chi connectivity index (χ2v) is 5.56. The summed E-state index contributed by atoms with van der Waals surface area (Å²) in [6, 6.07) is 6.82. The third-order valence-corrected chi connectivity index (χ3v) is 3.78. The Labute approximate surface area is 137 Å². The van der Waals surface area contributed by atoms with Crippen molar-refractivity contribution in [2.45, 2.75) is 50.6 Å². The van der Waals surface area contributed by atoms with Gasteiger partial charge in [-0.2, -0.15) is 0 Å². The first-order valence-electron chi connectivity index (χ1n) is 7.57. The number of hydrogen-bond donors (Lipinski definition) is 2. The Hall–Kier alpha value is -1.33. The highest BCUT2D eigenvalue weighted by Crippen LogP contribution is 2.17. The molecule has 0 aromatic heterocycles. The van der Waals surface area contributed by atoms with E-state index in [9.17, 15) is 9.18 Å². The van der Waals surface area contributed by atoms with Crippen LogP contribution < -0.4 is 15.8 Å². The summed E-state index contributed by atoms with van der Waals surface area (Å²) in [6.45, 7) is 0.337. The zero-order chi connectivity index (χ0) is 15.1. The fourth-order valence-electron chi connectivity index (χ4n) is 2.54. The van der Waals surface area contributed by atoms with Crippen LogP contribution in [0.5, 0.6) is 5.75 Å². The van der Waals surface area contributed by atoms with Crippen LogP contribution in [0.15, 0.2) is 24.3 Å². The molecule has 0 saturated heterocycles. The number of halogens is 2. The third-order valence-electron chi connectivity index (χ3n) is 3.78. The van der Waals surface area contributed by atoms with Crippen LogP contribution in [0.4, 0.5) is 4.39 Å². The Morgan fingerprint density at radius 3 is 2.64 bits per heavy atom. The average Bonchev–Trinajstić information content (AvgIpc) is 2.48. The summed E-state index contributed by atoms with van der Waals surface area (Å²) in [7, 11) is 0. The maximum absolute atomic E-state index is 13.3. The predicted molar refractivity (Wildman–Crippen MR) is 86.8 cm³/mol. The van der Waals surface area contributed by atoms with Gasteiger partial charge < -0.3 is 15.8 Å². The van der Waals surface area contributed by atoms with Crippen LogP contribution in [0.2, 0.25) is 0 Å². The molecule has 1 aliphatic carbocycles. The van der Waals surface area contributed by atoms with Gasteiger partial charge in [0.2, 0.25) is 5.91 Å². The van der Waals surface area contributed by atoms with Crippen LogP contribution in [0.25, 0.3) is 0 Å². The highest BCUT2D eigenvalue weighted by Gasteiger charge is 2.19. The molecule has 1 fully saturated rings. The van der Waals surface area contributed by atoms with E-state index in [4.69, 9.17) is 10.5 Å². The molecule has 4 nitrogen and oxygen atoms in total. The van der Waals surface area contributed by atoms with Gasteiger partial charge >= 0.3 is 0 Å². The van der Waals surface area contributed by atoms with E-state index in [0.717, 1.165) is 25.7 Å². The fraction of sp³-hybridized carbons (Fsp3) is 0.562. The summed E-state index contributed by atoms with van der Waals surface area (Å²) in [4.78, 5) is 11.8. The number of benzene rings is 1. The van der Waals surface area contributed by atoms with Gasteiger partial charge in [0.05, 0.1) is 6.61 Å². The van der Waals surface area contributed by atoms with E-state index in [1.807, 2.05) is 0 Å². The van der Waals surface area contributed by atoms with E-state index in [-0.39, 0.29) is 42.0 Å². The Kier molecular flexibility index (Phi) is 8.20. The number of nitrogens with two attached hydrogens (primary N) is 1. The standard InChI is InChI=1S/C16H23FN2O2.ClH/c17-14-4-1-2-5-15(14)21-11-3-6-16(20)19-13-9-7-12(18)8-10-13;/h1-2,4-5,12-13H,3,6-11,18H2,(H,19,20);1H. The summed E-state index contributed by atoms with van der Waals surface area (Å²) >= 11 is 0. The Bertz CT molecular complexity index is 465. The summed E-state index contributed by atoms with van der Waals surface area (Å²) in [5.74, 6) is -0.104. The first kappa shape index (κ1) is 18.7. The lowest BCUT2D eigenvalue weighted by molar-refractivity contribution is -0.122. The van der Waals surface area contributed by atoms with Crippen molar-refractivity contribution in [2.75, 3.05) is 6.61 Å². The van der Waals surface area contributed by atoms with Crippen molar-refractivity contribution in [1.82, 2.24) is 5.32 Å². The molecule has 0 radical (unpaired) electrons. The summed E-state index contributed by atoms with van der Waals surface area (Å²) in [6.07, 6.45) is 4.84. The molecular weight excluding hydrogens is 307 g/mol. The average molecular weight is 331 g/mol. The van der Waals surface area contributed by atoms with Gasteiger partial charge in [-0.15, -0.1) is 12.4 Å². The van der Waals surface area contributed by atoms with Crippen LogP contribution in [0, 0.1) is 5.82 Å². The van der Waals surface area contributed by atoms with Gasteiger partial charge in [-0.1, -0.05) is 12.1 Å². The van der Waals surface area contributed by atoms with Crippen molar-refractivity contribution in [3.8, 4) is 5.75 Å². The number of nitrogens with one attached hydrogen (secondary N) is 1. The molecule has 6 heteroatoms. The van der Waals surface area contributed by atoms with E-state index < -0.39 is 0 Å². The first-order valence-corrected chi connectivity index (χ1v) is 7.57. The molecule has 1 saturated carbocycles. The lowest BCUT2D eigenvalue weighted by Crippen LogP contribution is -2.40. The van der Waals surface area contributed by atoms with E-state index in [1.165, 1.54) is 6.07 Å². The second kappa shape index (κ2) is 9.64. The number of ether oxygens (including phenoxy) is 1. The molecule has 1 amide bonds. The molecule has 124 valence electrons. The maximum Gasteiger partial charge on any atom is 0.220 e. The van der Waals surface area contributed by atoms with Crippen molar-refractivity contribution in [2.24, 2.45) is 5.73 Å². The van der Waals surface area contributed by atoms with E-state index >= 15 is 0 Å². The van der Waals surface area contributed by atoms with Gasteiger partial charge in [-0.3, -0.25) is 4.79 Å². The molecule has 0 unspecified atom stereocenters. The minimum atomic E-state index is -0.375. The largest absolute Gasteiger partial charge is 0.491 e. The summed E-state index contributed by atoms with van der Waals surface area (Å²) < 4.78 is 18.6. The third kappa shape index (κ3) is 6.20. The summed E-state index contributed by atoms with van der Waals surface area (Å²) in [5.41, 5.74) is 5.83. The molecule has 0 spiro atoms. The maximum atomic E-state index is 13.3. The molecule has 3 N–H and O–H groups in total. The van der Waals surface area contributed by atoms with Gasteiger partial charge in [0.15, 0.2) is 11.6 Å². The van der Waals surface area contributed by atoms with Crippen LogP contribution in [0.1, 0.15) is 38.5 Å². The number of carbonyl (C=O) groups is 1. The van der Waals surface area contributed by atoms with Crippen molar-refractivity contribution in [1.29, 1.82) is 0 Å². The van der Waals surface area contributed by atoms with Crippen LogP contribution in [-0.4, -0.2) is 24.6 Å². The molecule has 0 heterocycles. The fourth-order valence-corrected chi connectivity index (χ4v) is 2.54. The highest BCUT2D eigenvalue weighted by molar-refractivity contribution is 5.85. The summed E-state index contributed by atoms with van der Waals surface area (Å²) in [5, 5.41) is 3.03. The van der Waals surface area contributed by atoms with Gasteiger partial charge in [-0.25, -0.2) is 4.39 Å². The number of hydrogen-bond acceptors (Lipinski definition) is 3. The van der Waals surface area contributed by atoms with Crippen LogP contribution in [-0.2, 0) is 4.79 Å². The first-order chi connectivity index (χ1) is 10.1. The molecule has 1 aliphatic rings. The number of amides is 1. The SMILES string of the molecule is Cl.NC1CCC(NC(=O)CCCOc2ccccc2F)CC1. The predicted octanol–water partition coefficient (Wildman–Crippen LogP) is 2.79. The second-order valence-electron chi connectivity index (χ2n) is 5.56. The van der Waals surface area contributed by atoms with E-state index in [0.29, 0.717) is 19.4 Å². The molecule has 2 rings (SSSR count). The Morgan fingerprint density at radius 1 is 1.27 bits per heavy atom. The quantitative estimate of drug-likeness (QED) is 0.788. The lowest BCUT2D eigenvalue weighted by atomic mass is 9.92. The number of para-hydroxylation sites is 1. The Balaban J connectivity index is 0.00000242. The van der Waals surface area contributed by atoms with Crippen molar-refractivity contribution < 1.29 is 13.9 Å². The molecule has 0 aliphatic heterocycles. The van der Waals surface area contributed by atoms with E-state index in [1.54, 1.807) is 18.2 Å². The minimum Gasteiger partial charge on any atom is -0.491 e. The van der Waals surface area contributed by atoms with Gasteiger partial charge in [0, 0.05) is 18.5 Å². The highest BCUT2D eigenvalue weighted by atomic mass is 35.5. The van der Waals surface area contributed by atoms with Gasteiger partial charge in [0.25, 0.3) is 0 Å². The number of carbonyl (C=O) groups excluding carboxylic acids is 1. The van der Waals surface area contributed by atoms with Crippen LogP contribution in [0.3, 0.4) is 0 Å². The topological polar surface area (TPSA) is 64.3 Å². The molecule has 22 heavy (non-hydrogen) atoms. The monoisotopic (exact) mass is 330 g/mol. The Morgan fingerprint density at radius 2 is 1.95 bits per heavy atom. The van der Waals surface area contributed by atoms with E-state index in [2.05, 4.69) is 5.32 Å². The van der Waals surface area contributed by atoms with Crippen molar-refractivity contribution in [3.05, 3.63) is 30.1 Å². The lowest BCUT2D eigenvalue weighted by Gasteiger charge is -2.26. The molecule has 1 aromatic rings. The molecule has 1 aromatic carbocycles. The van der Waals surface area contributed by atoms with Crippen molar-refractivity contribution in [3.63, 3.8) is 0 Å². The molecular formula is C16H24ClFN2O2. The smallest absolute Gasteiger partial charge is 0.220 e. The normalized spacial score (nSPS) is 20.8. The van der Waals surface area contributed by atoms with Gasteiger partial charge in [-0.05, 0) is 44.2 Å². The zero-order valence-corrected chi connectivity index (χ0v) is 13.4. The minimum absolute atomic E-state index is 0. The number of rotatable bonds is 6. The van der Waals surface area contributed by atoms with Gasteiger partial charge in [0.1, 0.15) is 0 Å². The van der Waals surface area contributed by atoms with Crippen molar-refractivity contribution >= 4 is 18.3 Å². The molecule has 0 atom stereocenters. The molecule has 0 bridgehead atoms.